The first-order chi connectivity index (χ1) is 8.22. The van der Waals surface area contributed by atoms with E-state index in [0.29, 0.717) is 5.92 Å². The second-order valence-corrected chi connectivity index (χ2v) is 5.49. The highest BCUT2D eigenvalue weighted by atomic mass is 79.9. The van der Waals surface area contributed by atoms with E-state index >= 15 is 0 Å². The normalized spacial score (nSPS) is 19.6. The van der Waals surface area contributed by atoms with Crippen LogP contribution in [0, 0.1) is 12.8 Å². The summed E-state index contributed by atoms with van der Waals surface area (Å²) in [6.45, 7) is 3.82. The third kappa shape index (κ3) is 2.89. The number of hydrogen-bond donors (Lipinski definition) is 0. The quantitative estimate of drug-likeness (QED) is 0.784. The molecule has 2 rings (SSSR count). The molecule has 1 heterocycles. The Hall–Kier alpha value is -0.830. The molecule has 1 amide bonds. The summed E-state index contributed by atoms with van der Waals surface area (Å²) in [4.78, 5) is 14.3. The number of alkyl halides is 1. The summed E-state index contributed by atoms with van der Waals surface area (Å²) >= 11 is 3.47. The smallest absolute Gasteiger partial charge is 0.254 e. The summed E-state index contributed by atoms with van der Waals surface area (Å²) in [7, 11) is 0. The van der Waals surface area contributed by atoms with Crippen molar-refractivity contribution in [3.05, 3.63) is 35.4 Å². The van der Waals surface area contributed by atoms with Crippen LogP contribution >= 0.6 is 15.9 Å². The van der Waals surface area contributed by atoms with Gasteiger partial charge in [-0.05, 0) is 37.3 Å². The predicted octanol–water partition coefficient (Wildman–Crippen LogP) is 3.24. The van der Waals surface area contributed by atoms with Crippen LogP contribution in [-0.4, -0.2) is 29.2 Å². The third-order valence-corrected chi connectivity index (χ3v) is 3.92. The monoisotopic (exact) mass is 295 g/mol. The van der Waals surface area contributed by atoms with Crippen LogP contribution in [0.25, 0.3) is 0 Å². The highest BCUT2D eigenvalue weighted by molar-refractivity contribution is 9.09. The molecule has 0 N–H and O–H groups in total. The lowest BCUT2D eigenvalue weighted by atomic mass is 10.1. The first-order valence-electron chi connectivity index (χ1n) is 6.13. The van der Waals surface area contributed by atoms with E-state index in [0.717, 1.165) is 42.4 Å². The predicted molar refractivity (Wildman–Crippen MR) is 73.6 cm³/mol. The molecular weight excluding hydrogens is 278 g/mol. The molecule has 0 aliphatic carbocycles. The summed E-state index contributed by atoms with van der Waals surface area (Å²) in [5, 5.41) is 1.03. The lowest BCUT2D eigenvalue weighted by Gasteiger charge is -2.17. The maximum Gasteiger partial charge on any atom is 0.254 e. The van der Waals surface area contributed by atoms with Gasteiger partial charge in [-0.3, -0.25) is 4.79 Å². The van der Waals surface area contributed by atoms with Gasteiger partial charge in [0.15, 0.2) is 0 Å². The Bertz CT molecular complexity index is 405. The van der Waals surface area contributed by atoms with Crippen molar-refractivity contribution >= 4 is 21.8 Å². The molecular formula is C14H18BrNO. The Balaban J connectivity index is 2.05. The fraction of sp³-hybridized carbons (Fsp3) is 0.500. The van der Waals surface area contributed by atoms with E-state index in [1.165, 1.54) is 0 Å². The van der Waals surface area contributed by atoms with Crippen molar-refractivity contribution in [1.82, 2.24) is 4.90 Å². The van der Waals surface area contributed by atoms with Crippen molar-refractivity contribution in [3.8, 4) is 0 Å². The number of carbonyl (C=O) groups is 1. The molecule has 1 aromatic rings. The van der Waals surface area contributed by atoms with Gasteiger partial charge in [0.05, 0.1) is 0 Å². The summed E-state index contributed by atoms with van der Waals surface area (Å²) in [6.07, 6.45) is 2.31. The molecule has 1 saturated heterocycles. The Morgan fingerprint density at radius 1 is 1.47 bits per heavy atom. The molecule has 2 nitrogen and oxygen atoms in total. The van der Waals surface area contributed by atoms with E-state index < -0.39 is 0 Å². The van der Waals surface area contributed by atoms with Gasteiger partial charge in [0.2, 0.25) is 0 Å². The van der Waals surface area contributed by atoms with E-state index in [1.54, 1.807) is 0 Å². The SMILES string of the molecule is Cc1ccccc1C(=O)N1CCC(CCBr)C1. The fourth-order valence-electron chi connectivity index (χ4n) is 2.39. The summed E-state index contributed by atoms with van der Waals surface area (Å²) in [5.41, 5.74) is 1.92. The van der Waals surface area contributed by atoms with E-state index in [9.17, 15) is 4.79 Å². The molecule has 0 aromatic heterocycles. The number of rotatable bonds is 3. The first-order valence-corrected chi connectivity index (χ1v) is 7.25. The Labute approximate surface area is 111 Å². The number of carbonyl (C=O) groups excluding carboxylic acids is 1. The lowest BCUT2D eigenvalue weighted by Crippen LogP contribution is -2.29. The molecule has 1 unspecified atom stereocenters. The van der Waals surface area contributed by atoms with Crippen LogP contribution in [0.15, 0.2) is 24.3 Å². The number of amides is 1. The summed E-state index contributed by atoms with van der Waals surface area (Å²) in [5.74, 6) is 0.863. The molecule has 0 saturated carbocycles. The van der Waals surface area contributed by atoms with Gasteiger partial charge >= 0.3 is 0 Å². The molecule has 1 aliphatic heterocycles. The van der Waals surface area contributed by atoms with Gasteiger partial charge in [0.25, 0.3) is 5.91 Å². The fourth-order valence-corrected chi connectivity index (χ4v) is 3.04. The molecule has 1 atom stereocenters. The van der Waals surface area contributed by atoms with Gasteiger partial charge in [-0.1, -0.05) is 34.1 Å². The number of likely N-dealkylation sites (tertiary alicyclic amines) is 1. The highest BCUT2D eigenvalue weighted by Crippen LogP contribution is 2.22. The molecule has 1 aromatic carbocycles. The van der Waals surface area contributed by atoms with Crippen LogP contribution in [0.1, 0.15) is 28.8 Å². The van der Waals surface area contributed by atoms with E-state index in [2.05, 4.69) is 15.9 Å². The molecule has 0 bridgehead atoms. The Kier molecular flexibility index (Phi) is 4.21. The largest absolute Gasteiger partial charge is 0.338 e. The second kappa shape index (κ2) is 5.67. The van der Waals surface area contributed by atoms with E-state index in [4.69, 9.17) is 0 Å². The van der Waals surface area contributed by atoms with Crippen molar-refractivity contribution in [2.75, 3.05) is 18.4 Å². The zero-order chi connectivity index (χ0) is 12.3. The van der Waals surface area contributed by atoms with E-state index in [1.807, 2.05) is 36.1 Å². The highest BCUT2D eigenvalue weighted by Gasteiger charge is 2.26. The third-order valence-electron chi connectivity index (χ3n) is 3.47. The van der Waals surface area contributed by atoms with Crippen LogP contribution in [0.2, 0.25) is 0 Å². The van der Waals surface area contributed by atoms with Gasteiger partial charge in [-0.25, -0.2) is 0 Å². The van der Waals surface area contributed by atoms with Crippen molar-refractivity contribution in [2.24, 2.45) is 5.92 Å². The van der Waals surface area contributed by atoms with Crippen molar-refractivity contribution < 1.29 is 4.79 Å². The molecule has 92 valence electrons. The van der Waals surface area contributed by atoms with Crippen LogP contribution in [0.4, 0.5) is 0 Å². The van der Waals surface area contributed by atoms with Crippen molar-refractivity contribution in [3.63, 3.8) is 0 Å². The number of benzene rings is 1. The number of hydrogen-bond acceptors (Lipinski definition) is 1. The first kappa shape index (κ1) is 12.6. The van der Waals surface area contributed by atoms with Crippen LogP contribution in [-0.2, 0) is 0 Å². The Morgan fingerprint density at radius 3 is 2.94 bits per heavy atom. The number of nitrogens with zero attached hydrogens (tertiary/aromatic N) is 1. The average molecular weight is 296 g/mol. The molecule has 0 spiro atoms. The molecule has 17 heavy (non-hydrogen) atoms. The van der Waals surface area contributed by atoms with Gasteiger partial charge in [-0.2, -0.15) is 0 Å². The summed E-state index contributed by atoms with van der Waals surface area (Å²) in [6, 6.07) is 7.84. The van der Waals surface area contributed by atoms with Crippen LogP contribution < -0.4 is 0 Å². The van der Waals surface area contributed by atoms with Gasteiger partial charge in [0, 0.05) is 24.0 Å². The minimum atomic E-state index is 0.195. The topological polar surface area (TPSA) is 20.3 Å². The van der Waals surface area contributed by atoms with Gasteiger partial charge in [0.1, 0.15) is 0 Å². The molecule has 1 aliphatic rings. The van der Waals surface area contributed by atoms with Gasteiger partial charge < -0.3 is 4.90 Å². The number of halogens is 1. The minimum Gasteiger partial charge on any atom is -0.338 e. The summed E-state index contributed by atoms with van der Waals surface area (Å²) < 4.78 is 0. The standard InChI is InChI=1S/C14H18BrNO/c1-11-4-2-3-5-13(11)14(17)16-9-7-12(10-16)6-8-15/h2-5,12H,6-10H2,1H3. The van der Waals surface area contributed by atoms with Crippen LogP contribution in [0.5, 0.6) is 0 Å². The van der Waals surface area contributed by atoms with Crippen molar-refractivity contribution in [2.45, 2.75) is 19.8 Å². The zero-order valence-electron chi connectivity index (χ0n) is 10.2. The average Bonchev–Trinajstić information content (AvgIpc) is 2.78. The number of aryl methyl sites for hydroxylation is 1. The van der Waals surface area contributed by atoms with E-state index in [-0.39, 0.29) is 5.91 Å². The molecule has 3 heteroatoms. The minimum absolute atomic E-state index is 0.195. The second-order valence-electron chi connectivity index (χ2n) is 4.70. The van der Waals surface area contributed by atoms with Crippen molar-refractivity contribution in [1.29, 1.82) is 0 Å². The lowest BCUT2D eigenvalue weighted by molar-refractivity contribution is 0.0786. The zero-order valence-corrected chi connectivity index (χ0v) is 11.7. The van der Waals surface area contributed by atoms with Crippen LogP contribution in [0.3, 0.4) is 0 Å². The maximum atomic E-state index is 12.3. The molecule has 0 radical (unpaired) electrons. The van der Waals surface area contributed by atoms with Gasteiger partial charge in [-0.15, -0.1) is 0 Å². The maximum absolute atomic E-state index is 12.3. The molecule has 1 fully saturated rings. The Morgan fingerprint density at radius 2 is 2.24 bits per heavy atom.